The molecule has 0 saturated carbocycles. The third-order valence-corrected chi connectivity index (χ3v) is 10.2. The number of benzene rings is 6. The molecule has 2 aromatic heterocycles. The summed E-state index contributed by atoms with van der Waals surface area (Å²) < 4.78 is 4.76. The lowest BCUT2D eigenvalue weighted by molar-refractivity contribution is 1.17. The first-order valence-electron chi connectivity index (χ1n) is 17.0. The van der Waals surface area contributed by atoms with Gasteiger partial charge in [0.2, 0.25) is 0 Å². The molecule has 0 radical (unpaired) electrons. The molecule has 0 atom stereocenters. The van der Waals surface area contributed by atoms with Crippen LogP contribution >= 0.6 is 0 Å². The molecule has 2 aliphatic carbocycles. The van der Waals surface area contributed by atoms with Crippen LogP contribution in [0.4, 0.5) is 0 Å². The van der Waals surface area contributed by atoms with Crippen molar-refractivity contribution in [2.75, 3.05) is 0 Å². The molecule has 0 aliphatic heterocycles. The summed E-state index contributed by atoms with van der Waals surface area (Å²) in [5, 5.41) is 5.13. The third kappa shape index (κ3) is 4.42. The number of aromatic nitrogens is 2. The Kier molecular flexibility index (Phi) is 6.28. The topological polar surface area (TPSA) is 9.86 Å². The molecule has 2 heterocycles. The number of nitrogens with zero attached hydrogens (tertiary/aromatic N) is 2. The minimum absolute atomic E-state index is 0.883. The second kappa shape index (κ2) is 11.1. The Labute approximate surface area is 285 Å². The van der Waals surface area contributed by atoms with Gasteiger partial charge in [0.05, 0.1) is 22.1 Å². The van der Waals surface area contributed by atoms with Crippen molar-refractivity contribution >= 4 is 54.8 Å². The predicted octanol–water partition coefficient (Wildman–Crippen LogP) is 12.2. The standard InChI is InChI=1S/C47H32N2/c1-2-12-35-31-34(11-1)38(32-21-25-36(26-22-32)48-44-17-7-3-13-40(44)41-14-4-8-18-45(41)48)29-30-39(35)33-23-27-37(28-24-33)49-46-19-9-5-15-42(46)43-16-6-10-20-47(43)49/h1-30H,31H2. The van der Waals surface area contributed by atoms with Crippen molar-refractivity contribution in [2.24, 2.45) is 0 Å². The van der Waals surface area contributed by atoms with Crippen LogP contribution in [-0.4, -0.2) is 9.13 Å². The van der Waals surface area contributed by atoms with Gasteiger partial charge in [0, 0.05) is 32.9 Å². The maximum Gasteiger partial charge on any atom is 0.0541 e. The Bertz CT molecular complexity index is 2460. The van der Waals surface area contributed by atoms with E-state index in [1.165, 1.54) is 88.4 Å². The highest BCUT2D eigenvalue weighted by atomic mass is 15.0. The Morgan fingerprint density at radius 2 is 0.653 bits per heavy atom. The van der Waals surface area contributed by atoms with Gasteiger partial charge in [-0.1, -0.05) is 134 Å². The van der Waals surface area contributed by atoms with E-state index in [0.717, 1.165) is 6.42 Å². The van der Waals surface area contributed by atoms with Crippen LogP contribution in [0.2, 0.25) is 0 Å². The molecule has 49 heavy (non-hydrogen) atoms. The van der Waals surface area contributed by atoms with Crippen molar-refractivity contribution in [1.82, 2.24) is 9.13 Å². The van der Waals surface area contributed by atoms with Crippen LogP contribution in [0.1, 0.15) is 17.5 Å². The van der Waals surface area contributed by atoms with Gasteiger partial charge >= 0.3 is 0 Å². The molecule has 2 aliphatic rings. The van der Waals surface area contributed by atoms with E-state index in [1.807, 2.05) is 0 Å². The van der Waals surface area contributed by atoms with Crippen molar-refractivity contribution in [3.63, 3.8) is 0 Å². The molecule has 10 rings (SSSR count). The highest BCUT2D eigenvalue weighted by Crippen LogP contribution is 2.40. The highest BCUT2D eigenvalue weighted by Gasteiger charge is 2.19. The molecule has 0 N–H and O–H groups in total. The zero-order chi connectivity index (χ0) is 32.3. The quantitative estimate of drug-likeness (QED) is 0.184. The predicted molar refractivity (Wildman–Crippen MR) is 207 cm³/mol. The van der Waals surface area contributed by atoms with Gasteiger partial charge < -0.3 is 9.13 Å². The fraction of sp³-hybridized carbons (Fsp3) is 0.0213. The van der Waals surface area contributed by atoms with Gasteiger partial charge in [-0.15, -0.1) is 0 Å². The fourth-order valence-corrected chi connectivity index (χ4v) is 7.96. The first-order valence-corrected chi connectivity index (χ1v) is 17.0. The van der Waals surface area contributed by atoms with Crippen LogP contribution in [-0.2, 0) is 0 Å². The van der Waals surface area contributed by atoms with Gasteiger partial charge in [0.25, 0.3) is 0 Å². The minimum atomic E-state index is 0.883. The van der Waals surface area contributed by atoms with Crippen LogP contribution in [0, 0.1) is 0 Å². The molecular weight excluding hydrogens is 593 g/mol. The summed E-state index contributed by atoms with van der Waals surface area (Å²) in [6.45, 7) is 0. The summed E-state index contributed by atoms with van der Waals surface area (Å²) in [6.07, 6.45) is 14.4. The van der Waals surface area contributed by atoms with Crippen molar-refractivity contribution in [3.05, 3.63) is 204 Å². The van der Waals surface area contributed by atoms with E-state index in [-0.39, 0.29) is 0 Å². The van der Waals surface area contributed by atoms with E-state index in [0.29, 0.717) is 0 Å². The van der Waals surface area contributed by atoms with Crippen molar-refractivity contribution in [3.8, 4) is 11.4 Å². The van der Waals surface area contributed by atoms with Crippen LogP contribution in [0.3, 0.4) is 0 Å². The maximum absolute atomic E-state index is 2.38. The summed E-state index contributed by atoms with van der Waals surface area (Å²) >= 11 is 0. The van der Waals surface area contributed by atoms with E-state index in [2.05, 4.69) is 191 Å². The number of hydrogen-bond acceptors (Lipinski definition) is 0. The van der Waals surface area contributed by atoms with Crippen LogP contribution in [0.25, 0.3) is 66.1 Å². The molecule has 2 heteroatoms. The molecule has 2 bridgehead atoms. The first kappa shape index (κ1) is 27.7. The second-order valence-corrected chi connectivity index (χ2v) is 12.9. The molecule has 0 spiro atoms. The van der Waals surface area contributed by atoms with Crippen molar-refractivity contribution < 1.29 is 0 Å². The average molecular weight is 625 g/mol. The number of rotatable bonds is 4. The average Bonchev–Trinajstić information content (AvgIpc) is 3.47. The largest absolute Gasteiger partial charge is 0.309 e. The Hall–Kier alpha value is -6.38. The molecule has 0 unspecified atom stereocenters. The van der Waals surface area contributed by atoms with E-state index >= 15 is 0 Å². The monoisotopic (exact) mass is 624 g/mol. The van der Waals surface area contributed by atoms with E-state index in [4.69, 9.17) is 0 Å². The summed E-state index contributed by atoms with van der Waals surface area (Å²) in [7, 11) is 0. The van der Waals surface area contributed by atoms with Gasteiger partial charge in [-0.05, 0) is 88.4 Å². The van der Waals surface area contributed by atoms with E-state index < -0.39 is 0 Å². The van der Waals surface area contributed by atoms with E-state index in [9.17, 15) is 0 Å². The lowest BCUT2D eigenvalue weighted by Crippen LogP contribution is -1.96. The third-order valence-electron chi connectivity index (χ3n) is 10.2. The van der Waals surface area contributed by atoms with Crippen LogP contribution in [0.15, 0.2) is 193 Å². The minimum Gasteiger partial charge on any atom is -0.309 e. The summed E-state index contributed by atoms with van der Waals surface area (Å²) in [5.74, 6) is 0. The molecule has 6 aromatic carbocycles. The smallest absolute Gasteiger partial charge is 0.0541 e. The number of fused-ring (bicyclic) bond motifs is 8. The molecular formula is C47H32N2. The van der Waals surface area contributed by atoms with Gasteiger partial charge in [0.15, 0.2) is 0 Å². The molecule has 8 aromatic rings. The Balaban J connectivity index is 1.03. The van der Waals surface area contributed by atoms with Gasteiger partial charge in [0.1, 0.15) is 0 Å². The normalized spacial score (nSPS) is 14.4. The lowest BCUT2D eigenvalue weighted by Gasteiger charge is -2.15. The zero-order valence-corrected chi connectivity index (χ0v) is 26.9. The summed E-state index contributed by atoms with van der Waals surface area (Å²) in [4.78, 5) is 0. The second-order valence-electron chi connectivity index (χ2n) is 12.9. The number of hydrogen-bond donors (Lipinski definition) is 0. The van der Waals surface area contributed by atoms with E-state index in [1.54, 1.807) is 0 Å². The maximum atomic E-state index is 2.38. The SMILES string of the molecule is C1=CC=C2CC(=C1)C(c1ccc(-n3c4ccccc4c4ccccc43)cc1)=CC=C2c1ccc(-n2c3ccccc3c3ccccc32)cc1. The Morgan fingerprint density at radius 1 is 0.327 bits per heavy atom. The van der Waals surface area contributed by atoms with Gasteiger partial charge in [-0.2, -0.15) is 0 Å². The first-order chi connectivity index (χ1) is 24.3. The lowest BCUT2D eigenvalue weighted by atomic mass is 9.91. The number of para-hydroxylation sites is 4. The van der Waals surface area contributed by atoms with Gasteiger partial charge in [-0.25, -0.2) is 0 Å². The highest BCUT2D eigenvalue weighted by molar-refractivity contribution is 6.10. The molecule has 0 amide bonds. The zero-order valence-electron chi connectivity index (χ0n) is 26.9. The Morgan fingerprint density at radius 3 is 1.00 bits per heavy atom. The van der Waals surface area contributed by atoms with Gasteiger partial charge in [-0.3, -0.25) is 0 Å². The summed E-state index contributed by atoms with van der Waals surface area (Å²) in [6, 6.07) is 52.9. The number of allylic oxidation sites excluding steroid dienone is 10. The van der Waals surface area contributed by atoms with Crippen molar-refractivity contribution in [2.45, 2.75) is 6.42 Å². The molecule has 0 fully saturated rings. The van der Waals surface area contributed by atoms with Crippen LogP contribution < -0.4 is 0 Å². The summed E-state index contributed by atoms with van der Waals surface area (Å²) in [5.41, 5.74) is 14.9. The van der Waals surface area contributed by atoms with Crippen LogP contribution in [0.5, 0.6) is 0 Å². The fourth-order valence-electron chi connectivity index (χ4n) is 7.96. The molecule has 230 valence electrons. The molecule has 0 saturated heterocycles. The van der Waals surface area contributed by atoms with Crippen molar-refractivity contribution in [1.29, 1.82) is 0 Å². The molecule has 2 nitrogen and oxygen atoms in total.